The summed E-state index contributed by atoms with van der Waals surface area (Å²) in [6.07, 6.45) is 0. The maximum absolute atomic E-state index is 12.5. The lowest BCUT2D eigenvalue weighted by Gasteiger charge is -2.15. The van der Waals surface area contributed by atoms with Crippen LogP contribution < -0.4 is 10.6 Å². The fourth-order valence-corrected chi connectivity index (χ4v) is 4.72. The van der Waals surface area contributed by atoms with Crippen LogP contribution in [0.25, 0.3) is 0 Å². The SMILES string of the molecule is CCOC(=O)c1ccc(NC(=O)CN2C(=O)S[C@H]([C@H]3SC(=O)NC3=O)C2=O)cc1. The third-order valence-electron chi connectivity index (χ3n) is 3.93. The number of thioether (sulfide) groups is 2. The standard InChI is InChI=1S/C17H15N3O7S2/c1-2-27-15(24)8-3-5-9(6-4-8)18-10(21)7-20-14(23)12(29-17(20)26)11-13(22)19-16(25)28-11/h3-6,11-12H,2,7H2,1H3,(H,18,21)(H,19,22,25)/t11-,12-/m1/s1. The summed E-state index contributed by atoms with van der Waals surface area (Å²) in [5, 5.41) is 1.28. The highest BCUT2D eigenvalue weighted by atomic mass is 32.2. The summed E-state index contributed by atoms with van der Waals surface area (Å²) >= 11 is 1.26. The molecule has 0 saturated carbocycles. The highest BCUT2D eigenvalue weighted by Gasteiger charge is 2.50. The van der Waals surface area contributed by atoms with Crippen LogP contribution in [0.1, 0.15) is 17.3 Å². The molecule has 0 bridgehead atoms. The Kier molecular flexibility index (Phi) is 6.23. The Balaban J connectivity index is 1.59. The second-order valence-corrected chi connectivity index (χ2v) is 8.10. The number of anilines is 1. The molecule has 3 rings (SSSR count). The Morgan fingerprint density at radius 3 is 2.38 bits per heavy atom. The molecule has 2 aliphatic rings. The van der Waals surface area contributed by atoms with Crippen molar-refractivity contribution in [2.75, 3.05) is 18.5 Å². The Hall–Kier alpha value is -2.86. The average Bonchev–Trinajstić information content (AvgIpc) is 3.14. The van der Waals surface area contributed by atoms with Crippen LogP contribution in [0.4, 0.5) is 15.3 Å². The van der Waals surface area contributed by atoms with Gasteiger partial charge in [-0.05, 0) is 54.7 Å². The van der Waals surface area contributed by atoms with Crippen LogP contribution in [0.15, 0.2) is 24.3 Å². The van der Waals surface area contributed by atoms with Gasteiger partial charge >= 0.3 is 5.97 Å². The van der Waals surface area contributed by atoms with Gasteiger partial charge in [-0.2, -0.15) is 0 Å². The molecule has 2 heterocycles. The lowest BCUT2D eigenvalue weighted by atomic mass is 10.2. The van der Waals surface area contributed by atoms with Crippen LogP contribution in [-0.2, 0) is 19.1 Å². The predicted octanol–water partition coefficient (Wildman–Crippen LogP) is 1.22. The van der Waals surface area contributed by atoms with Gasteiger partial charge in [0.2, 0.25) is 17.7 Å². The quantitative estimate of drug-likeness (QED) is 0.629. The minimum absolute atomic E-state index is 0.239. The van der Waals surface area contributed by atoms with Gasteiger partial charge in [0, 0.05) is 5.69 Å². The highest BCUT2D eigenvalue weighted by molar-refractivity contribution is 8.19. The molecule has 1 aromatic rings. The monoisotopic (exact) mass is 437 g/mol. The third-order valence-corrected chi connectivity index (χ3v) is 6.31. The number of hydrogen-bond acceptors (Lipinski definition) is 9. The fraction of sp³-hybridized carbons (Fsp3) is 0.294. The first-order chi connectivity index (χ1) is 13.8. The topological polar surface area (TPSA) is 139 Å². The van der Waals surface area contributed by atoms with Crippen molar-refractivity contribution in [3.05, 3.63) is 29.8 Å². The van der Waals surface area contributed by atoms with Crippen molar-refractivity contribution in [1.82, 2.24) is 10.2 Å². The molecule has 0 aromatic heterocycles. The third kappa shape index (κ3) is 4.59. The average molecular weight is 437 g/mol. The summed E-state index contributed by atoms with van der Waals surface area (Å²) in [7, 11) is 0. The van der Waals surface area contributed by atoms with Crippen molar-refractivity contribution in [2.45, 2.75) is 17.4 Å². The number of imide groups is 2. The first kappa shape index (κ1) is 20.9. The lowest BCUT2D eigenvalue weighted by molar-refractivity contribution is -0.131. The van der Waals surface area contributed by atoms with Crippen molar-refractivity contribution in [3.8, 4) is 0 Å². The van der Waals surface area contributed by atoms with E-state index in [2.05, 4.69) is 10.6 Å². The van der Waals surface area contributed by atoms with Crippen LogP contribution in [0.3, 0.4) is 0 Å². The summed E-state index contributed by atoms with van der Waals surface area (Å²) in [4.78, 5) is 72.2. The second-order valence-electron chi connectivity index (χ2n) is 5.89. The number of amides is 5. The van der Waals surface area contributed by atoms with Crippen LogP contribution in [0.5, 0.6) is 0 Å². The molecule has 12 heteroatoms. The second kappa shape index (κ2) is 8.66. The van der Waals surface area contributed by atoms with Crippen molar-refractivity contribution >= 4 is 63.4 Å². The first-order valence-corrected chi connectivity index (χ1v) is 10.2. The van der Waals surface area contributed by atoms with E-state index in [-0.39, 0.29) is 6.61 Å². The zero-order chi connectivity index (χ0) is 21.1. The number of carbonyl (C=O) groups excluding carboxylic acids is 6. The van der Waals surface area contributed by atoms with E-state index in [4.69, 9.17) is 4.74 Å². The van der Waals surface area contributed by atoms with E-state index < -0.39 is 51.2 Å². The van der Waals surface area contributed by atoms with E-state index in [1.165, 1.54) is 24.3 Å². The molecule has 0 unspecified atom stereocenters. The van der Waals surface area contributed by atoms with Crippen molar-refractivity contribution in [1.29, 1.82) is 0 Å². The molecule has 1 aromatic carbocycles. The minimum Gasteiger partial charge on any atom is -0.462 e. The Bertz CT molecular complexity index is 903. The minimum atomic E-state index is -1.06. The molecule has 5 amide bonds. The van der Waals surface area contributed by atoms with E-state index in [0.29, 0.717) is 34.8 Å². The molecule has 0 aliphatic carbocycles. The number of ether oxygens (including phenoxy) is 1. The number of nitrogens with one attached hydrogen (secondary N) is 2. The number of esters is 1. The molecule has 2 fully saturated rings. The molecular formula is C17H15N3O7S2. The number of nitrogens with zero attached hydrogens (tertiary/aromatic N) is 1. The van der Waals surface area contributed by atoms with Gasteiger partial charge in [0.1, 0.15) is 17.0 Å². The Morgan fingerprint density at radius 2 is 1.79 bits per heavy atom. The van der Waals surface area contributed by atoms with Crippen LogP contribution in [0.2, 0.25) is 0 Å². The molecule has 2 N–H and O–H groups in total. The smallest absolute Gasteiger partial charge is 0.338 e. The molecule has 29 heavy (non-hydrogen) atoms. The van der Waals surface area contributed by atoms with Gasteiger partial charge in [0.25, 0.3) is 10.5 Å². The maximum Gasteiger partial charge on any atom is 0.338 e. The molecule has 0 spiro atoms. The summed E-state index contributed by atoms with van der Waals surface area (Å²) < 4.78 is 4.87. The summed E-state index contributed by atoms with van der Waals surface area (Å²) in [6.45, 7) is 1.39. The molecule has 2 atom stereocenters. The first-order valence-electron chi connectivity index (χ1n) is 8.40. The summed E-state index contributed by atoms with van der Waals surface area (Å²) in [5.74, 6) is -2.45. The predicted molar refractivity (Wildman–Crippen MR) is 104 cm³/mol. The number of hydrogen-bond donors (Lipinski definition) is 2. The van der Waals surface area contributed by atoms with E-state index in [9.17, 15) is 28.8 Å². The highest BCUT2D eigenvalue weighted by Crippen LogP contribution is 2.36. The number of benzene rings is 1. The Morgan fingerprint density at radius 1 is 1.10 bits per heavy atom. The number of carbonyl (C=O) groups is 6. The number of rotatable bonds is 6. The van der Waals surface area contributed by atoms with Gasteiger partial charge in [0.15, 0.2) is 0 Å². The van der Waals surface area contributed by atoms with Crippen LogP contribution >= 0.6 is 23.5 Å². The molecule has 152 valence electrons. The van der Waals surface area contributed by atoms with Crippen molar-refractivity contribution in [3.63, 3.8) is 0 Å². The largest absolute Gasteiger partial charge is 0.462 e. The van der Waals surface area contributed by atoms with Crippen molar-refractivity contribution < 1.29 is 33.5 Å². The fourth-order valence-electron chi connectivity index (χ4n) is 2.62. The molecular weight excluding hydrogens is 422 g/mol. The van der Waals surface area contributed by atoms with Crippen LogP contribution in [0, 0.1) is 0 Å². The van der Waals surface area contributed by atoms with Gasteiger partial charge < -0.3 is 10.1 Å². The maximum atomic E-state index is 12.5. The molecule has 0 radical (unpaired) electrons. The van der Waals surface area contributed by atoms with Crippen molar-refractivity contribution in [2.24, 2.45) is 0 Å². The van der Waals surface area contributed by atoms with Gasteiger partial charge in [-0.3, -0.25) is 34.2 Å². The molecule has 2 saturated heterocycles. The van der Waals surface area contributed by atoms with Gasteiger partial charge in [0.05, 0.1) is 12.2 Å². The summed E-state index contributed by atoms with van der Waals surface area (Å²) in [6, 6.07) is 5.91. The van der Waals surface area contributed by atoms with Crippen LogP contribution in [-0.4, -0.2) is 62.7 Å². The zero-order valence-corrected chi connectivity index (χ0v) is 16.6. The van der Waals surface area contributed by atoms with Gasteiger partial charge in [-0.1, -0.05) is 0 Å². The van der Waals surface area contributed by atoms with E-state index in [0.717, 1.165) is 4.90 Å². The zero-order valence-electron chi connectivity index (χ0n) is 15.0. The Labute approximate surface area is 173 Å². The summed E-state index contributed by atoms with van der Waals surface area (Å²) in [5.41, 5.74) is 0.679. The van der Waals surface area contributed by atoms with Gasteiger partial charge in [-0.15, -0.1) is 0 Å². The normalized spacial score (nSPS) is 21.3. The molecule has 10 nitrogen and oxygen atoms in total. The van der Waals surface area contributed by atoms with Gasteiger partial charge in [-0.25, -0.2) is 4.79 Å². The van der Waals surface area contributed by atoms with E-state index in [1.807, 2.05) is 0 Å². The van der Waals surface area contributed by atoms with E-state index >= 15 is 0 Å². The lowest BCUT2D eigenvalue weighted by Crippen LogP contribution is -2.42. The molecule has 2 aliphatic heterocycles. The van der Waals surface area contributed by atoms with E-state index in [1.54, 1.807) is 6.92 Å².